The topological polar surface area (TPSA) is 39.2 Å². The van der Waals surface area contributed by atoms with Crippen LogP contribution in [0.1, 0.15) is 23.0 Å². The van der Waals surface area contributed by atoms with Crippen LogP contribution in [0.2, 0.25) is 0 Å². The van der Waals surface area contributed by atoms with Gasteiger partial charge in [0.25, 0.3) is 0 Å². The number of rotatable bonds is 3. The lowest BCUT2D eigenvalue weighted by Gasteiger charge is -2.09. The summed E-state index contributed by atoms with van der Waals surface area (Å²) in [6.45, 7) is 4.00. The van der Waals surface area contributed by atoms with E-state index in [2.05, 4.69) is 23.2 Å². The summed E-state index contributed by atoms with van der Waals surface area (Å²) in [5.41, 5.74) is 3.13. The minimum Gasteiger partial charge on any atom is -0.462 e. The van der Waals surface area contributed by atoms with Gasteiger partial charge in [-0.25, -0.2) is 4.79 Å². The van der Waals surface area contributed by atoms with E-state index >= 15 is 0 Å². The van der Waals surface area contributed by atoms with Gasteiger partial charge in [-0.2, -0.15) is 0 Å². The van der Waals surface area contributed by atoms with E-state index in [0.29, 0.717) is 17.9 Å². The standard InChI is InChI=1S/C19H17NO2/c1-3-22-19(21)15-11-12-18(20-13(15)2)17-10-6-8-14-7-4-5-9-16(14)17/h4-12H,3H2,1-2H3. The molecule has 0 radical (unpaired) electrons. The van der Waals surface area contributed by atoms with Gasteiger partial charge in [0.15, 0.2) is 0 Å². The van der Waals surface area contributed by atoms with Gasteiger partial charge in [0.1, 0.15) is 0 Å². The quantitative estimate of drug-likeness (QED) is 0.672. The van der Waals surface area contributed by atoms with Crippen molar-refractivity contribution in [3.05, 3.63) is 65.9 Å². The van der Waals surface area contributed by atoms with Gasteiger partial charge >= 0.3 is 5.97 Å². The molecule has 0 atom stereocenters. The summed E-state index contributed by atoms with van der Waals surface area (Å²) in [7, 11) is 0. The zero-order chi connectivity index (χ0) is 15.5. The molecule has 0 aliphatic rings. The zero-order valence-electron chi connectivity index (χ0n) is 12.7. The molecule has 1 heterocycles. The molecule has 3 rings (SSSR count). The largest absolute Gasteiger partial charge is 0.462 e. The molecular weight excluding hydrogens is 274 g/mol. The number of esters is 1. The Morgan fingerprint density at radius 3 is 2.59 bits per heavy atom. The lowest BCUT2D eigenvalue weighted by molar-refractivity contribution is 0.0525. The minimum atomic E-state index is -0.322. The molecule has 0 fully saturated rings. The van der Waals surface area contributed by atoms with E-state index in [4.69, 9.17) is 4.74 Å². The number of carbonyl (C=O) groups excluding carboxylic acids is 1. The number of ether oxygens (including phenoxy) is 1. The Kier molecular flexibility index (Phi) is 3.88. The minimum absolute atomic E-state index is 0.322. The Balaban J connectivity index is 2.09. The van der Waals surface area contributed by atoms with Crippen molar-refractivity contribution in [2.75, 3.05) is 6.61 Å². The number of fused-ring (bicyclic) bond motifs is 1. The smallest absolute Gasteiger partial charge is 0.339 e. The Bertz CT molecular complexity index is 834. The van der Waals surface area contributed by atoms with Gasteiger partial charge < -0.3 is 4.74 Å². The molecule has 110 valence electrons. The SMILES string of the molecule is CCOC(=O)c1ccc(-c2cccc3ccccc23)nc1C. The molecule has 22 heavy (non-hydrogen) atoms. The Morgan fingerprint density at radius 1 is 1.05 bits per heavy atom. The molecule has 3 aromatic rings. The van der Waals surface area contributed by atoms with Crippen LogP contribution in [0.15, 0.2) is 54.6 Å². The number of carbonyl (C=O) groups is 1. The monoisotopic (exact) mass is 291 g/mol. The third-order valence-corrected chi connectivity index (χ3v) is 3.65. The highest BCUT2D eigenvalue weighted by Crippen LogP contribution is 2.28. The normalized spacial score (nSPS) is 10.6. The van der Waals surface area contributed by atoms with Crippen LogP contribution in [0.4, 0.5) is 0 Å². The van der Waals surface area contributed by atoms with Gasteiger partial charge in [0, 0.05) is 5.56 Å². The van der Waals surface area contributed by atoms with E-state index in [-0.39, 0.29) is 5.97 Å². The first-order valence-corrected chi connectivity index (χ1v) is 7.33. The van der Waals surface area contributed by atoms with Gasteiger partial charge in [0.2, 0.25) is 0 Å². The Morgan fingerprint density at radius 2 is 1.82 bits per heavy atom. The van der Waals surface area contributed by atoms with E-state index in [1.807, 2.05) is 37.3 Å². The number of aromatic nitrogens is 1. The van der Waals surface area contributed by atoms with E-state index in [1.54, 1.807) is 13.0 Å². The average Bonchev–Trinajstić information content (AvgIpc) is 2.54. The van der Waals surface area contributed by atoms with Crippen LogP contribution >= 0.6 is 0 Å². The second kappa shape index (κ2) is 5.98. The first-order chi connectivity index (χ1) is 10.7. The van der Waals surface area contributed by atoms with E-state index in [0.717, 1.165) is 16.6 Å². The molecule has 0 aliphatic carbocycles. The fourth-order valence-electron chi connectivity index (χ4n) is 2.58. The molecule has 1 aromatic heterocycles. The molecule has 3 nitrogen and oxygen atoms in total. The first-order valence-electron chi connectivity index (χ1n) is 7.33. The van der Waals surface area contributed by atoms with Crippen LogP contribution in [-0.4, -0.2) is 17.6 Å². The Hall–Kier alpha value is -2.68. The highest BCUT2D eigenvalue weighted by molar-refractivity contribution is 5.96. The molecule has 0 amide bonds. The van der Waals surface area contributed by atoms with E-state index in [1.165, 1.54) is 5.39 Å². The zero-order valence-corrected chi connectivity index (χ0v) is 12.7. The molecule has 0 saturated heterocycles. The van der Waals surface area contributed by atoms with Crippen molar-refractivity contribution in [2.45, 2.75) is 13.8 Å². The van der Waals surface area contributed by atoms with Crippen LogP contribution in [0.3, 0.4) is 0 Å². The van der Waals surface area contributed by atoms with Crippen molar-refractivity contribution >= 4 is 16.7 Å². The maximum atomic E-state index is 11.9. The molecule has 0 unspecified atom stereocenters. The van der Waals surface area contributed by atoms with E-state index in [9.17, 15) is 4.79 Å². The molecule has 0 saturated carbocycles. The van der Waals surface area contributed by atoms with Gasteiger partial charge in [-0.05, 0) is 36.8 Å². The molecule has 0 bridgehead atoms. The van der Waals surface area contributed by atoms with Gasteiger partial charge in [-0.15, -0.1) is 0 Å². The van der Waals surface area contributed by atoms with Crippen molar-refractivity contribution in [3.63, 3.8) is 0 Å². The van der Waals surface area contributed by atoms with Gasteiger partial charge in [0.05, 0.1) is 23.6 Å². The van der Waals surface area contributed by atoms with Crippen molar-refractivity contribution in [3.8, 4) is 11.3 Å². The summed E-state index contributed by atoms with van der Waals surface area (Å²) < 4.78 is 5.05. The Labute approximate surface area is 129 Å². The number of benzene rings is 2. The maximum Gasteiger partial charge on any atom is 0.339 e. The third-order valence-electron chi connectivity index (χ3n) is 3.65. The number of nitrogens with zero attached hydrogens (tertiary/aromatic N) is 1. The lowest BCUT2D eigenvalue weighted by atomic mass is 10.0. The van der Waals surface area contributed by atoms with Crippen molar-refractivity contribution < 1.29 is 9.53 Å². The molecule has 2 aromatic carbocycles. The fourth-order valence-corrected chi connectivity index (χ4v) is 2.58. The second-order valence-electron chi connectivity index (χ2n) is 5.08. The number of aryl methyl sites for hydroxylation is 1. The predicted octanol–water partition coefficient (Wildman–Crippen LogP) is 4.39. The van der Waals surface area contributed by atoms with Gasteiger partial charge in [-0.1, -0.05) is 42.5 Å². The van der Waals surface area contributed by atoms with Crippen LogP contribution < -0.4 is 0 Å². The fraction of sp³-hybridized carbons (Fsp3) is 0.158. The van der Waals surface area contributed by atoms with Crippen LogP contribution in [0.5, 0.6) is 0 Å². The van der Waals surface area contributed by atoms with Crippen molar-refractivity contribution in [1.82, 2.24) is 4.98 Å². The van der Waals surface area contributed by atoms with Crippen LogP contribution in [-0.2, 0) is 4.74 Å². The third kappa shape index (κ3) is 2.58. The lowest BCUT2D eigenvalue weighted by Crippen LogP contribution is -2.08. The average molecular weight is 291 g/mol. The summed E-state index contributed by atoms with van der Waals surface area (Å²) in [5.74, 6) is -0.322. The van der Waals surface area contributed by atoms with Crippen LogP contribution in [0, 0.1) is 6.92 Å². The molecule has 0 spiro atoms. The van der Waals surface area contributed by atoms with Crippen LogP contribution in [0.25, 0.3) is 22.0 Å². The molecular formula is C19H17NO2. The number of hydrogen-bond donors (Lipinski definition) is 0. The highest BCUT2D eigenvalue weighted by Gasteiger charge is 2.13. The number of pyridine rings is 1. The number of hydrogen-bond acceptors (Lipinski definition) is 3. The maximum absolute atomic E-state index is 11.9. The summed E-state index contributed by atoms with van der Waals surface area (Å²) in [6.07, 6.45) is 0. The van der Waals surface area contributed by atoms with Gasteiger partial charge in [-0.3, -0.25) is 4.98 Å². The van der Waals surface area contributed by atoms with Crippen molar-refractivity contribution in [2.24, 2.45) is 0 Å². The summed E-state index contributed by atoms with van der Waals surface area (Å²) in [5, 5.41) is 2.33. The highest BCUT2D eigenvalue weighted by atomic mass is 16.5. The molecule has 0 aliphatic heterocycles. The summed E-state index contributed by atoms with van der Waals surface area (Å²) >= 11 is 0. The van der Waals surface area contributed by atoms with E-state index < -0.39 is 0 Å². The first kappa shape index (κ1) is 14.3. The second-order valence-corrected chi connectivity index (χ2v) is 5.08. The summed E-state index contributed by atoms with van der Waals surface area (Å²) in [6, 6.07) is 18.0. The van der Waals surface area contributed by atoms with Crippen molar-refractivity contribution in [1.29, 1.82) is 0 Å². The summed E-state index contributed by atoms with van der Waals surface area (Å²) in [4.78, 5) is 16.5. The molecule has 3 heteroatoms. The predicted molar refractivity (Wildman–Crippen MR) is 87.9 cm³/mol. The molecule has 0 N–H and O–H groups in total.